The first-order valence-corrected chi connectivity index (χ1v) is 6.54. The summed E-state index contributed by atoms with van der Waals surface area (Å²) in [6.07, 6.45) is 0. The molecule has 0 spiro atoms. The molecule has 2 nitrogen and oxygen atoms in total. The van der Waals surface area contributed by atoms with Crippen LogP contribution in [0.2, 0.25) is 5.02 Å². The Labute approximate surface area is 125 Å². The molecule has 0 heterocycles. The lowest BCUT2D eigenvalue weighted by atomic mass is 10.2. The third-order valence-corrected chi connectivity index (χ3v) is 3.13. The van der Waals surface area contributed by atoms with Gasteiger partial charge in [0.15, 0.2) is 10.9 Å². The first-order chi connectivity index (χ1) is 9.47. The molecule has 2 aromatic rings. The molecule has 2 N–H and O–H groups in total. The summed E-state index contributed by atoms with van der Waals surface area (Å²) in [7, 11) is 0. The Morgan fingerprint density at radius 2 is 1.80 bits per heavy atom. The van der Waals surface area contributed by atoms with E-state index in [4.69, 9.17) is 23.8 Å². The minimum Gasteiger partial charge on any atom is -0.332 e. The third kappa shape index (κ3) is 3.43. The average Bonchev–Trinajstić information content (AvgIpc) is 2.38. The van der Waals surface area contributed by atoms with Gasteiger partial charge in [-0.15, -0.1) is 0 Å². The van der Waals surface area contributed by atoms with Gasteiger partial charge in [-0.05, 0) is 55.0 Å². The number of hydrogen-bond acceptors (Lipinski definition) is 1. The number of halogens is 3. The molecular weight excluding hydrogens is 302 g/mol. The van der Waals surface area contributed by atoms with Crippen LogP contribution in [0.3, 0.4) is 0 Å². The maximum atomic E-state index is 13.7. The Hall–Kier alpha value is -1.72. The summed E-state index contributed by atoms with van der Waals surface area (Å²) in [5.74, 6) is -0.901. The molecular formula is C14H11ClF2N2S. The van der Waals surface area contributed by atoms with E-state index in [1.165, 1.54) is 24.3 Å². The Kier molecular flexibility index (Phi) is 4.52. The van der Waals surface area contributed by atoms with Crippen molar-refractivity contribution in [1.82, 2.24) is 0 Å². The third-order valence-electron chi connectivity index (χ3n) is 2.64. The van der Waals surface area contributed by atoms with Gasteiger partial charge in [-0.2, -0.15) is 0 Å². The SMILES string of the molecule is Cc1cc(F)ccc1NC(=S)Nc1cccc(Cl)c1F. The maximum absolute atomic E-state index is 13.7. The molecule has 0 saturated carbocycles. The van der Waals surface area contributed by atoms with Gasteiger partial charge in [0.05, 0.1) is 10.7 Å². The number of benzene rings is 2. The maximum Gasteiger partial charge on any atom is 0.175 e. The van der Waals surface area contributed by atoms with Crippen molar-refractivity contribution in [2.24, 2.45) is 0 Å². The lowest BCUT2D eigenvalue weighted by molar-refractivity contribution is 0.627. The number of hydrogen-bond donors (Lipinski definition) is 2. The molecule has 6 heteroatoms. The molecule has 20 heavy (non-hydrogen) atoms. The second-order valence-corrected chi connectivity index (χ2v) is 4.96. The molecule has 0 radical (unpaired) electrons. The van der Waals surface area contributed by atoms with Crippen LogP contribution < -0.4 is 10.6 Å². The molecule has 0 atom stereocenters. The zero-order chi connectivity index (χ0) is 14.7. The lowest BCUT2D eigenvalue weighted by Gasteiger charge is -2.13. The van der Waals surface area contributed by atoms with Crippen LogP contribution in [0.4, 0.5) is 20.2 Å². The summed E-state index contributed by atoms with van der Waals surface area (Å²) in [6.45, 7) is 1.74. The van der Waals surface area contributed by atoms with Crippen LogP contribution in [0.15, 0.2) is 36.4 Å². The molecule has 0 fully saturated rings. The second-order valence-electron chi connectivity index (χ2n) is 4.14. The zero-order valence-electron chi connectivity index (χ0n) is 10.5. The summed E-state index contributed by atoms with van der Waals surface area (Å²) in [5.41, 5.74) is 1.52. The van der Waals surface area contributed by atoms with Crippen LogP contribution in [-0.2, 0) is 0 Å². The standard InChI is InChI=1S/C14H11ClF2N2S/c1-8-7-9(16)5-6-11(8)18-14(20)19-12-4-2-3-10(15)13(12)17/h2-7H,1H3,(H2,18,19,20). The van der Waals surface area contributed by atoms with Gasteiger partial charge >= 0.3 is 0 Å². The average molecular weight is 313 g/mol. The van der Waals surface area contributed by atoms with E-state index < -0.39 is 5.82 Å². The van der Waals surface area contributed by atoms with Gasteiger partial charge in [0, 0.05) is 5.69 Å². The van der Waals surface area contributed by atoms with Crippen LogP contribution in [0.1, 0.15) is 5.56 Å². The van der Waals surface area contributed by atoms with Crippen molar-refractivity contribution in [2.45, 2.75) is 6.92 Å². The van der Waals surface area contributed by atoms with Crippen molar-refractivity contribution in [2.75, 3.05) is 10.6 Å². The molecule has 0 unspecified atom stereocenters. The fraction of sp³-hybridized carbons (Fsp3) is 0.0714. The van der Waals surface area contributed by atoms with Gasteiger partial charge in [0.25, 0.3) is 0 Å². The van der Waals surface area contributed by atoms with E-state index in [-0.39, 0.29) is 21.6 Å². The first kappa shape index (κ1) is 14.7. The predicted octanol–water partition coefficient (Wildman–Crippen LogP) is 4.74. The predicted molar refractivity (Wildman–Crippen MR) is 82.4 cm³/mol. The molecule has 0 amide bonds. The topological polar surface area (TPSA) is 24.1 Å². The summed E-state index contributed by atoms with van der Waals surface area (Å²) >= 11 is 10.8. The van der Waals surface area contributed by atoms with Crippen molar-refractivity contribution in [1.29, 1.82) is 0 Å². The van der Waals surface area contributed by atoms with Crippen molar-refractivity contribution < 1.29 is 8.78 Å². The quantitative estimate of drug-likeness (QED) is 0.784. The van der Waals surface area contributed by atoms with E-state index in [1.54, 1.807) is 19.1 Å². The van der Waals surface area contributed by atoms with Crippen LogP contribution in [0.25, 0.3) is 0 Å². The van der Waals surface area contributed by atoms with Gasteiger partial charge in [-0.3, -0.25) is 0 Å². The molecule has 0 aliphatic heterocycles. The minimum atomic E-state index is -0.575. The fourth-order valence-corrected chi connectivity index (χ4v) is 2.04. The second kappa shape index (κ2) is 6.15. The number of anilines is 2. The van der Waals surface area contributed by atoms with Crippen molar-refractivity contribution in [3.8, 4) is 0 Å². The zero-order valence-corrected chi connectivity index (χ0v) is 12.1. The number of nitrogens with one attached hydrogen (secondary N) is 2. The Morgan fingerprint density at radius 3 is 2.50 bits per heavy atom. The highest BCUT2D eigenvalue weighted by molar-refractivity contribution is 7.80. The highest BCUT2D eigenvalue weighted by Gasteiger charge is 2.08. The highest BCUT2D eigenvalue weighted by atomic mass is 35.5. The molecule has 104 valence electrons. The summed E-state index contributed by atoms with van der Waals surface area (Å²) < 4.78 is 26.7. The molecule has 0 aliphatic rings. The summed E-state index contributed by atoms with van der Waals surface area (Å²) in [5, 5.41) is 5.79. The molecule has 0 aliphatic carbocycles. The van der Waals surface area contributed by atoms with E-state index in [0.717, 1.165) is 0 Å². The number of rotatable bonds is 2. The van der Waals surface area contributed by atoms with Crippen LogP contribution in [0, 0.1) is 18.6 Å². The smallest absolute Gasteiger partial charge is 0.175 e. The molecule has 0 bridgehead atoms. The van der Waals surface area contributed by atoms with Crippen molar-refractivity contribution >= 4 is 40.3 Å². The number of thiocarbonyl (C=S) groups is 1. The van der Waals surface area contributed by atoms with Crippen molar-refractivity contribution in [3.63, 3.8) is 0 Å². The Balaban J connectivity index is 2.11. The highest BCUT2D eigenvalue weighted by Crippen LogP contribution is 2.22. The number of aryl methyl sites for hydroxylation is 1. The van der Waals surface area contributed by atoms with Gasteiger partial charge in [0.2, 0.25) is 0 Å². The van der Waals surface area contributed by atoms with E-state index in [2.05, 4.69) is 10.6 Å². The molecule has 2 rings (SSSR count). The van der Waals surface area contributed by atoms with E-state index in [0.29, 0.717) is 11.3 Å². The van der Waals surface area contributed by atoms with Gasteiger partial charge in [-0.25, -0.2) is 8.78 Å². The first-order valence-electron chi connectivity index (χ1n) is 5.75. The van der Waals surface area contributed by atoms with Crippen LogP contribution in [0.5, 0.6) is 0 Å². The van der Waals surface area contributed by atoms with Gasteiger partial charge in [-0.1, -0.05) is 17.7 Å². The lowest BCUT2D eigenvalue weighted by Crippen LogP contribution is -2.20. The normalized spacial score (nSPS) is 10.2. The van der Waals surface area contributed by atoms with Crippen LogP contribution >= 0.6 is 23.8 Å². The summed E-state index contributed by atoms with van der Waals surface area (Å²) in [6, 6.07) is 8.84. The molecule has 0 aromatic heterocycles. The Bertz CT molecular complexity index is 662. The summed E-state index contributed by atoms with van der Waals surface area (Å²) in [4.78, 5) is 0. The van der Waals surface area contributed by atoms with E-state index in [1.807, 2.05) is 0 Å². The van der Waals surface area contributed by atoms with E-state index in [9.17, 15) is 8.78 Å². The van der Waals surface area contributed by atoms with Gasteiger partial charge in [0.1, 0.15) is 5.82 Å². The monoisotopic (exact) mass is 312 g/mol. The van der Waals surface area contributed by atoms with Crippen molar-refractivity contribution in [3.05, 3.63) is 58.6 Å². The molecule has 0 saturated heterocycles. The Morgan fingerprint density at radius 1 is 1.10 bits per heavy atom. The van der Waals surface area contributed by atoms with Crippen LogP contribution in [-0.4, -0.2) is 5.11 Å². The minimum absolute atomic E-state index is 0.00997. The largest absolute Gasteiger partial charge is 0.332 e. The van der Waals surface area contributed by atoms with Gasteiger partial charge < -0.3 is 10.6 Å². The molecule has 2 aromatic carbocycles. The fourth-order valence-electron chi connectivity index (χ4n) is 1.64. The van der Waals surface area contributed by atoms with E-state index >= 15 is 0 Å².